The third-order valence-corrected chi connectivity index (χ3v) is 3.10. The maximum atomic E-state index is 11.5. The average molecular weight is 182 g/mol. The summed E-state index contributed by atoms with van der Waals surface area (Å²) in [5.74, 6) is 1.87. The van der Waals surface area contributed by atoms with E-state index >= 15 is 0 Å². The summed E-state index contributed by atoms with van der Waals surface area (Å²) in [4.78, 5) is 11.5. The van der Waals surface area contributed by atoms with E-state index < -0.39 is 0 Å². The van der Waals surface area contributed by atoms with E-state index in [4.69, 9.17) is 0 Å². The average Bonchev–Trinajstić information content (AvgIpc) is 1.97. The predicted octanol–water partition coefficient (Wildman–Crippen LogP) is 3.57. The molecule has 1 fully saturated rings. The van der Waals surface area contributed by atoms with Crippen molar-refractivity contribution in [1.82, 2.24) is 0 Å². The van der Waals surface area contributed by atoms with Gasteiger partial charge in [0.15, 0.2) is 0 Å². The first-order valence-electron chi connectivity index (χ1n) is 5.74. The quantitative estimate of drug-likeness (QED) is 0.613. The van der Waals surface area contributed by atoms with Crippen LogP contribution in [0.4, 0.5) is 0 Å². The van der Waals surface area contributed by atoms with Gasteiger partial charge in [-0.3, -0.25) is 4.79 Å². The largest absolute Gasteiger partial charge is 0.300 e. The standard InChI is InChI=1S/C12H22O/c1-3-5-10(2)8-12(13)9-11-6-4-7-11/h10-11H,3-9H2,1-2H3. The Morgan fingerprint density at radius 2 is 2.15 bits per heavy atom. The number of hydrogen-bond donors (Lipinski definition) is 0. The molecule has 1 rings (SSSR count). The minimum Gasteiger partial charge on any atom is -0.300 e. The van der Waals surface area contributed by atoms with Gasteiger partial charge in [-0.25, -0.2) is 0 Å². The Morgan fingerprint density at radius 1 is 1.46 bits per heavy atom. The molecule has 1 nitrogen and oxygen atoms in total. The molecule has 76 valence electrons. The van der Waals surface area contributed by atoms with Crippen molar-refractivity contribution >= 4 is 5.78 Å². The van der Waals surface area contributed by atoms with E-state index in [0.717, 1.165) is 18.8 Å². The van der Waals surface area contributed by atoms with Crippen molar-refractivity contribution < 1.29 is 4.79 Å². The van der Waals surface area contributed by atoms with E-state index in [9.17, 15) is 4.79 Å². The lowest BCUT2D eigenvalue weighted by Gasteiger charge is -2.24. The molecule has 13 heavy (non-hydrogen) atoms. The maximum Gasteiger partial charge on any atom is 0.133 e. The van der Waals surface area contributed by atoms with Crippen molar-refractivity contribution in [2.45, 2.75) is 58.8 Å². The third-order valence-electron chi connectivity index (χ3n) is 3.10. The van der Waals surface area contributed by atoms with E-state index in [1.807, 2.05) is 0 Å². The van der Waals surface area contributed by atoms with E-state index in [2.05, 4.69) is 13.8 Å². The van der Waals surface area contributed by atoms with Crippen molar-refractivity contribution in [3.05, 3.63) is 0 Å². The highest BCUT2D eigenvalue weighted by Gasteiger charge is 2.21. The first kappa shape index (κ1) is 10.7. The molecule has 0 bridgehead atoms. The van der Waals surface area contributed by atoms with Crippen LogP contribution in [0.3, 0.4) is 0 Å². The summed E-state index contributed by atoms with van der Waals surface area (Å²) in [5.41, 5.74) is 0. The Bertz CT molecular complexity index is 159. The molecule has 0 aromatic rings. The van der Waals surface area contributed by atoms with Crippen molar-refractivity contribution in [3.63, 3.8) is 0 Å². The van der Waals surface area contributed by atoms with Gasteiger partial charge in [0.25, 0.3) is 0 Å². The van der Waals surface area contributed by atoms with Crippen LogP contribution in [0.5, 0.6) is 0 Å². The molecule has 0 aromatic carbocycles. The summed E-state index contributed by atoms with van der Waals surface area (Å²) in [6.45, 7) is 4.38. The first-order valence-corrected chi connectivity index (χ1v) is 5.74. The molecule has 1 atom stereocenters. The van der Waals surface area contributed by atoms with Crippen molar-refractivity contribution in [1.29, 1.82) is 0 Å². The monoisotopic (exact) mass is 182 g/mol. The highest BCUT2D eigenvalue weighted by molar-refractivity contribution is 5.78. The maximum absolute atomic E-state index is 11.5. The number of rotatable bonds is 6. The molecular formula is C12H22O. The van der Waals surface area contributed by atoms with E-state index in [-0.39, 0.29) is 0 Å². The molecule has 1 unspecified atom stereocenters. The molecule has 0 amide bonds. The fraction of sp³-hybridized carbons (Fsp3) is 0.917. The summed E-state index contributed by atoms with van der Waals surface area (Å²) < 4.78 is 0. The van der Waals surface area contributed by atoms with Gasteiger partial charge in [0, 0.05) is 12.8 Å². The van der Waals surface area contributed by atoms with Gasteiger partial charge in [0.2, 0.25) is 0 Å². The summed E-state index contributed by atoms with van der Waals surface area (Å²) >= 11 is 0. The summed E-state index contributed by atoms with van der Waals surface area (Å²) in [6, 6.07) is 0. The van der Waals surface area contributed by atoms with Crippen LogP contribution in [0.25, 0.3) is 0 Å². The van der Waals surface area contributed by atoms with Crippen molar-refractivity contribution in [2.24, 2.45) is 11.8 Å². The summed E-state index contributed by atoms with van der Waals surface area (Å²) in [7, 11) is 0. The molecule has 0 heterocycles. The number of carbonyl (C=O) groups excluding carboxylic acids is 1. The molecule has 1 heteroatoms. The Labute approximate surface area is 81.9 Å². The lowest BCUT2D eigenvalue weighted by molar-refractivity contribution is -0.121. The lowest BCUT2D eigenvalue weighted by atomic mass is 9.80. The SMILES string of the molecule is CCCC(C)CC(=O)CC1CCC1. The highest BCUT2D eigenvalue weighted by Crippen LogP contribution is 2.30. The minimum atomic E-state index is 0.505. The fourth-order valence-electron chi connectivity index (χ4n) is 2.09. The minimum absolute atomic E-state index is 0.505. The van der Waals surface area contributed by atoms with Crippen LogP contribution in [0.1, 0.15) is 58.8 Å². The van der Waals surface area contributed by atoms with Crippen LogP contribution >= 0.6 is 0 Å². The molecular weight excluding hydrogens is 160 g/mol. The smallest absolute Gasteiger partial charge is 0.133 e. The molecule has 0 N–H and O–H groups in total. The second kappa shape index (κ2) is 5.41. The Morgan fingerprint density at radius 3 is 2.62 bits per heavy atom. The Balaban J connectivity index is 2.08. The van der Waals surface area contributed by atoms with Gasteiger partial charge in [0.05, 0.1) is 0 Å². The zero-order valence-corrected chi connectivity index (χ0v) is 9.01. The van der Waals surface area contributed by atoms with Crippen LogP contribution < -0.4 is 0 Å². The zero-order valence-electron chi connectivity index (χ0n) is 9.01. The van der Waals surface area contributed by atoms with Crippen LogP contribution in [-0.2, 0) is 4.79 Å². The van der Waals surface area contributed by atoms with Gasteiger partial charge in [-0.1, -0.05) is 46.0 Å². The Kier molecular flexibility index (Phi) is 4.47. The predicted molar refractivity (Wildman–Crippen MR) is 55.7 cm³/mol. The van der Waals surface area contributed by atoms with Gasteiger partial charge in [0.1, 0.15) is 5.78 Å². The van der Waals surface area contributed by atoms with Crippen LogP contribution in [0, 0.1) is 11.8 Å². The fourth-order valence-corrected chi connectivity index (χ4v) is 2.09. The zero-order chi connectivity index (χ0) is 9.68. The van der Waals surface area contributed by atoms with E-state index in [1.54, 1.807) is 0 Å². The highest BCUT2D eigenvalue weighted by atomic mass is 16.1. The van der Waals surface area contributed by atoms with Crippen LogP contribution in [0.15, 0.2) is 0 Å². The number of carbonyl (C=O) groups is 1. The number of ketones is 1. The molecule has 0 radical (unpaired) electrons. The van der Waals surface area contributed by atoms with Crippen molar-refractivity contribution in [2.75, 3.05) is 0 Å². The molecule has 0 aliphatic heterocycles. The van der Waals surface area contributed by atoms with Gasteiger partial charge >= 0.3 is 0 Å². The third kappa shape index (κ3) is 3.93. The first-order chi connectivity index (χ1) is 6.22. The molecule has 0 spiro atoms. The topological polar surface area (TPSA) is 17.1 Å². The van der Waals surface area contributed by atoms with Crippen molar-refractivity contribution in [3.8, 4) is 0 Å². The van der Waals surface area contributed by atoms with Crippen LogP contribution in [-0.4, -0.2) is 5.78 Å². The second-order valence-electron chi connectivity index (χ2n) is 4.64. The van der Waals surface area contributed by atoms with E-state index in [0.29, 0.717) is 11.7 Å². The molecule has 0 saturated heterocycles. The normalized spacial score (nSPS) is 19.5. The number of hydrogen-bond acceptors (Lipinski definition) is 1. The summed E-state index contributed by atoms with van der Waals surface area (Å²) in [5, 5.41) is 0. The van der Waals surface area contributed by atoms with Crippen LogP contribution in [0.2, 0.25) is 0 Å². The molecule has 0 aromatic heterocycles. The summed E-state index contributed by atoms with van der Waals surface area (Å²) in [6.07, 6.45) is 8.05. The lowest BCUT2D eigenvalue weighted by Crippen LogP contribution is -2.17. The number of Topliss-reactive ketones (excluding diaryl/α,β-unsaturated/α-hetero) is 1. The van der Waals surface area contributed by atoms with Gasteiger partial charge in [-0.2, -0.15) is 0 Å². The molecule has 1 aliphatic rings. The van der Waals surface area contributed by atoms with Gasteiger partial charge in [-0.15, -0.1) is 0 Å². The Hall–Kier alpha value is -0.330. The molecule has 1 saturated carbocycles. The van der Waals surface area contributed by atoms with E-state index in [1.165, 1.54) is 32.1 Å². The second-order valence-corrected chi connectivity index (χ2v) is 4.64. The van der Waals surface area contributed by atoms with Gasteiger partial charge < -0.3 is 0 Å². The van der Waals surface area contributed by atoms with Gasteiger partial charge in [-0.05, 0) is 11.8 Å². The molecule has 1 aliphatic carbocycles.